The summed E-state index contributed by atoms with van der Waals surface area (Å²) in [7, 11) is 0. The number of carbonyl (C=O) groups excluding carboxylic acids is 4. The largest absolute Gasteiger partial charge is 0.364 e. The van der Waals surface area contributed by atoms with Crippen LogP contribution in [0.3, 0.4) is 0 Å². The van der Waals surface area contributed by atoms with Crippen molar-refractivity contribution in [1.82, 2.24) is 14.7 Å². The van der Waals surface area contributed by atoms with E-state index in [-0.39, 0.29) is 42.2 Å². The summed E-state index contributed by atoms with van der Waals surface area (Å²) in [6, 6.07) is 15.2. The minimum absolute atomic E-state index is 0.00410. The number of likely N-dealkylation sites (tertiary alicyclic amines) is 1. The highest BCUT2D eigenvalue weighted by atomic mass is 19.1. The number of nitrogens with zero attached hydrogens (tertiary/aromatic N) is 3. The molecular weight excluding hydrogens is 532 g/mol. The lowest BCUT2D eigenvalue weighted by molar-refractivity contribution is -0.137. The van der Waals surface area contributed by atoms with Crippen LogP contribution in [0.15, 0.2) is 60.7 Å². The number of nitrogens with two attached hydrogens (primary N) is 1. The summed E-state index contributed by atoms with van der Waals surface area (Å²) in [6.45, 7) is -0.671. The molecule has 2 aliphatic rings. The SMILES string of the molecule is NC(=O)c1nn(CC(=O)N2C[C@H](F)CC2C(=O)Nc2cccc(-c3ccc4c(c3)C(=O)CC4)c2F)c2ccccc12. The van der Waals surface area contributed by atoms with Crippen LogP contribution in [0.5, 0.6) is 0 Å². The van der Waals surface area contributed by atoms with Gasteiger partial charge in [0.05, 0.1) is 17.7 Å². The maximum atomic E-state index is 15.6. The summed E-state index contributed by atoms with van der Waals surface area (Å²) >= 11 is 0. The number of primary amides is 1. The maximum absolute atomic E-state index is 15.6. The van der Waals surface area contributed by atoms with Gasteiger partial charge in [0, 0.05) is 29.4 Å². The number of hydrogen-bond donors (Lipinski definition) is 2. The molecule has 41 heavy (non-hydrogen) atoms. The summed E-state index contributed by atoms with van der Waals surface area (Å²) in [4.78, 5) is 51.7. The number of para-hydroxylation sites is 1. The van der Waals surface area contributed by atoms with Crippen molar-refractivity contribution in [1.29, 1.82) is 0 Å². The van der Waals surface area contributed by atoms with Crippen LogP contribution in [0.2, 0.25) is 0 Å². The summed E-state index contributed by atoms with van der Waals surface area (Å²) < 4.78 is 31.4. The molecule has 0 bridgehead atoms. The Bertz CT molecular complexity index is 1750. The Labute approximate surface area is 232 Å². The van der Waals surface area contributed by atoms with Crippen LogP contribution in [-0.2, 0) is 22.6 Å². The Morgan fingerprint density at radius 2 is 1.83 bits per heavy atom. The highest BCUT2D eigenvalue weighted by Crippen LogP contribution is 2.32. The highest BCUT2D eigenvalue weighted by molar-refractivity contribution is 6.04. The fourth-order valence-corrected chi connectivity index (χ4v) is 5.63. The molecule has 4 aromatic rings. The van der Waals surface area contributed by atoms with Crippen molar-refractivity contribution >= 4 is 40.1 Å². The lowest BCUT2D eigenvalue weighted by atomic mass is 9.99. The zero-order valence-corrected chi connectivity index (χ0v) is 21.8. The number of Topliss-reactive ketones (excluding diaryl/α,β-unsaturated/α-hetero) is 1. The van der Waals surface area contributed by atoms with Gasteiger partial charge in [-0.15, -0.1) is 0 Å². The van der Waals surface area contributed by atoms with Crippen LogP contribution in [-0.4, -0.2) is 56.9 Å². The molecule has 208 valence electrons. The van der Waals surface area contributed by atoms with Crippen LogP contribution in [0.1, 0.15) is 39.3 Å². The van der Waals surface area contributed by atoms with Crippen LogP contribution < -0.4 is 11.1 Å². The minimum Gasteiger partial charge on any atom is -0.364 e. The van der Waals surface area contributed by atoms with Crippen molar-refractivity contribution in [3.05, 3.63) is 83.3 Å². The van der Waals surface area contributed by atoms with Gasteiger partial charge < -0.3 is 16.0 Å². The second kappa shape index (κ2) is 10.2. The van der Waals surface area contributed by atoms with E-state index in [2.05, 4.69) is 10.4 Å². The predicted molar refractivity (Wildman–Crippen MR) is 146 cm³/mol. The van der Waals surface area contributed by atoms with Crippen molar-refractivity contribution in [2.24, 2.45) is 5.73 Å². The molecule has 1 aliphatic heterocycles. The van der Waals surface area contributed by atoms with E-state index in [0.29, 0.717) is 34.9 Å². The van der Waals surface area contributed by atoms with E-state index in [1.165, 1.54) is 10.7 Å². The highest BCUT2D eigenvalue weighted by Gasteiger charge is 2.40. The van der Waals surface area contributed by atoms with Crippen LogP contribution in [0.25, 0.3) is 22.0 Å². The third kappa shape index (κ3) is 4.73. The lowest BCUT2D eigenvalue weighted by Crippen LogP contribution is -2.44. The summed E-state index contributed by atoms with van der Waals surface area (Å²) in [5.41, 5.74) is 7.97. The van der Waals surface area contributed by atoms with E-state index in [9.17, 15) is 23.6 Å². The number of aryl methyl sites for hydroxylation is 1. The molecule has 1 saturated heterocycles. The first kappa shape index (κ1) is 26.3. The van der Waals surface area contributed by atoms with Crippen LogP contribution >= 0.6 is 0 Å². The van der Waals surface area contributed by atoms with Crippen molar-refractivity contribution in [2.45, 2.75) is 38.0 Å². The van der Waals surface area contributed by atoms with Gasteiger partial charge in [-0.25, -0.2) is 8.78 Å². The van der Waals surface area contributed by atoms with E-state index in [4.69, 9.17) is 5.73 Å². The molecule has 2 atom stereocenters. The lowest BCUT2D eigenvalue weighted by Gasteiger charge is -2.24. The van der Waals surface area contributed by atoms with Gasteiger partial charge in [-0.3, -0.25) is 23.9 Å². The zero-order chi connectivity index (χ0) is 28.8. The predicted octanol–water partition coefficient (Wildman–Crippen LogP) is 3.65. The van der Waals surface area contributed by atoms with Gasteiger partial charge in [0.2, 0.25) is 11.8 Å². The van der Waals surface area contributed by atoms with Crippen molar-refractivity contribution in [2.75, 3.05) is 11.9 Å². The number of aromatic nitrogens is 2. The van der Waals surface area contributed by atoms with E-state index in [0.717, 1.165) is 10.5 Å². The van der Waals surface area contributed by atoms with Crippen LogP contribution in [0.4, 0.5) is 14.5 Å². The fraction of sp³-hybridized carbons (Fsp3) is 0.233. The number of nitrogens with one attached hydrogen (secondary N) is 1. The Balaban J connectivity index is 1.23. The molecule has 9 nitrogen and oxygen atoms in total. The molecule has 0 radical (unpaired) electrons. The number of hydrogen-bond acceptors (Lipinski definition) is 5. The summed E-state index contributed by atoms with van der Waals surface area (Å²) in [5.74, 6) is -2.79. The number of fused-ring (bicyclic) bond motifs is 2. The molecule has 3 N–H and O–H groups in total. The number of benzene rings is 3. The summed E-state index contributed by atoms with van der Waals surface area (Å²) in [6.07, 6.45) is -0.627. The molecule has 0 spiro atoms. The number of alkyl halides is 1. The molecule has 0 saturated carbocycles. The molecule has 11 heteroatoms. The number of ketones is 1. The third-order valence-corrected chi connectivity index (χ3v) is 7.65. The molecule has 6 rings (SSSR count). The Kier molecular flexibility index (Phi) is 6.56. The van der Waals surface area contributed by atoms with Gasteiger partial charge >= 0.3 is 0 Å². The Morgan fingerprint density at radius 1 is 1.02 bits per heavy atom. The number of amides is 3. The monoisotopic (exact) mass is 557 g/mol. The molecule has 1 unspecified atom stereocenters. The number of rotatable bonds is 6. The van der Waals surface area contributed by atoms with Crippen molar-refractivity contribution in [3.63, 3.8) is 0 Å². The molecule has 3 amide bonds. The van der Waals surface area contributed by atoms with Crippen molar-refractivity contribution in [3.8, 4) is 11.1 Å². The fourth-order valence-electron chi connectivity index (χ4n) is 5.63. The van der Waals surface area contributed by atoms with Crippen molar-refractivity contribution < 1.29 is 28.0 Å². The van der Waals surface area contributed by atoms with Gasteiger partial charge in [0.1, 0.15) is 18.8 Å². The first-order valence-corrected chi connectivity index (χ1v) is 13.2. The van der Waals surface area contributed by atoms with Crippen LogP contribution in [0, 0.1) is 5.82 Å². The second-order valence-electron chi connectivity index (χ2n) is 10.2. The van der Waals surface area contributed by atoms with Gasteiger partial charge in [-0.2, -0.15) is 5.10 Å². The third-order valence-electron chi connectivity index (χ3n) is 7.65. The van der Waals surface area contributed by atoms with Gasteiger partial charge in [0.15, 0.2) is 17.3 Å². The second-order valence-corrected chi connectivity index (χ2v) is 10.2. The number of carbonyl (C=O) groups is 4. The maximum Gasteiger partial charge on any atom is 0.269 e. The Morgan fingerprint density at radius 3 is 2.63 bits per heavy atom. The number of halogens is 2. The van der Waals surface area contributed by atoms with E-state index in [1.807, 2.05) is 0 Å². The molecule has 2 heterocycles. The average Bonchev–Trinajstić information content (AvgIpc) is 3.65. The van der Waals surface area contributed by atoms with E-state index in [1.54, 1.807) is 54.6 Å². The van der Waals surface area contributed by atoms with Gasteiger partial charge in [0.25, 0.3) is 5.91 Å². The van der Waals surface area contributed by atoms with Gasteiger partial charge in [-0.1, -0.05) is 42.5 Å². The molecule has 3 aromatic carbocycles. The van der Waals surface area contributed by atoms with E-state index < -0.39 is 35.8 Å². The first-order valence-electron chi connectivity index (χ1n) is 13.2. The number of anilines is 1. The molecule has 1 aliphatic carbocycles. The molecule has 1 fully saturated rings. The quantitative estimate of drug-likeness (QED) is 0.374. The zero-order valence-electron chi connectivity index (χ0n) is 21.8. The minimum atomic E-state index is -1.45. The topological polar surface area (TPSA) is 127 Å². The average molecular weight is 558 g/mol. The molecule has 1 aromatic heterocycles. The first-order chi connectivity index (χ1) is 19.7. The summed E-state index contributed by atoms with van der Waals surface area (Å²) in [5, 5.41) is 7.15. The van der Waals surface area contributed by atoms with Gasteiger partial charge in [-0.05, 0) is 35.7 Å². The van der Waals surface area contributed by atoms with E-state index >= 15 is 4.39 Å². The normalized spacial score (nSPS) is 18.1. The smallest absolute Gasteiger partial charge is 0.269 e. The Hall–Kier alpha value is -4.93. The standard InChI is InChI=1S/C30H25F2N5O4/c31-18-13-24(36(14-18)26(39)15-37-23-7-2-1-4-20(23)28(35-37)29(33)40)30(41)34-22-6-3-5-19(27(22)32)17-9-8-16-10-11-25(38)21(16)12-17/h1-9,12,18,24H,10-11,13-15H2,(H2,33,40)(H,34,41)/t18-,24?/m1/s1. The molecular formula is C30H25F2N5O4.